The van der Waals surface area contributed by atoms with Crippen molar-refractivity contribution >= 4 is 29.3 Å². The first-order valence-corrected chi connectivity index (χ1v) is 9.86. The molecule has 0 aliphatic carbocycles. The average Bonchev–Trinajstić information content (AvgIpc) is 3.09. The van der Waals surface area contributed by atoms with Gasteiger partial charge in [0.1, 0.15) is 5.82 Å². The van der Waals surface area contributed by atoms with Crippen molar-refractivity contribution < 1.29 is 14.0 Å². The molecule has 3 aromatic rings. The Labute approximate surface area is 171 Å². The van der Waals surface area contributed by atoms with Crippen LogP contribution in [0.2, 0.25) is 0 Å². The highest BCUT2D eigenvalue weighted by molar-refractivity contribution is 7.99. The zero-order valence-corrected chi connectivity index (χ0v) is 16.7. The molecule has 0 aliphatic rings. The van der Waals surface area contributed by atoms with Crippen LogP contribution < -0.4 is 10.6 Å². The summed E-state index contributed by atoms with van der Waals surface area (Å²) in [6, 6.07) is 14.1. The largest absolute Gasteiger partial charge is 0.342 e. The molecule has 0 spiro atoms. The molecule has 1 heterocycles. The Hall–Kier alpha value is -3.20. The van der Waals surface area contributed by atoms with Crippen LogP contribution in [-0.2, 0) is 11.8 Å². The molecule has 0 fully saturated rings. The molecule has 0 saturated carbocycles. The highest BCUT2D eigenvalue weighted by Gasteiger charge is 2.19. The number of nitrogens with one attached hydrogen (secondary N) is 2. The molecule has 29 heavy (non-hydrogen) atoms. The number of rotatable bonds is 7. The van der Waals surface area contributed by atoms with Crippen molar-refractivity contribution in [3.63, 3.8) is 0 Å². The van der Waals surface area contributed by atoms with Gasteiger partial charge in [-0.2, -0.15) is 0 Å². The van der Waals surface area contributed by atoms with Crippen molar-refractivity contribution in [3.05, 3.63) is 71.8 Å². The van der Waals surface area contributed by atoms with Gasteiger partial charge in [-0.1, -0.05) is 30.0 Å². The molecule has 2 N–H and O–H groups in total. The van der Waals surface area contributed by atoms with Crippen LogP contribution in [0, 0.1) is 5.82 Å². The predicted octanol–water partition coefficient (Wildman–Crippen LogP) is 3.18. The zero-order valence-electron chi connectivity index (χ0n) is 15.9. The first-order valence-electron chi connectivity index (χ1n) is 8.87. The summed E-state index contributed by atoms with van der Waals surface area (Å²) in [6.45, 7) is 1.82. The minimum atomic E-state index is -0.363. The maximum absolute atomic E-state index is 12.9. The van der Waals surface area contributed by atoms with Gasteiger partial charge in [-0.3, -0.25) is 9.59 Å². The van der Waals surface area contributed by atoms with Gasteiger partial charge in [0.2, 0.25) is 5.91 Å². The summed E-state index contributed by atoms with van der Waals surface area (Å²) in [5.74, 6) is -0.104. The number of amides is 2. The van der Waals surface area contributed by atoms with E-state index in [0.717, 1.165) is 0 Å². The normalized spacial score (nSPS) is 11.7. The maximum Gasteiger partial charge on any atom is 0.251 e. The van der Waals surface area contributed by atoms with Gasteiger partial charge in [0.25, 0.3) is 5.91 Å². The van der Waals surface area contributed by atoms with Crippen LogP contribution in [-0.4, -0.2) is 32.3 Å². The number of hydrogen-bond donors (Lipinski definition) is 2. The van der Waals surface area contributed by atoms with E-state index in [1.165, 1.54) is 36.0 Å². The lowest BCUT2D eigenvalue weighted by Gasteiger charge is -2.13. The smallest absolute Gasteiger partial charge is 0.251 e. The Morgan fingerprint density at radius 3 is 2.48 bits per heavy atom. The molecule has 0 unspecified atom stereocenters. The molecule has 7 nitrogen and oxygen atoms in total. The summed E-state index contributed by atoms with van der Waals surface area (Å²) in [5, 5.41) is 14.4. The standard InChI is InChI=1S/C20H20FN5O2S/c1-13(22-19(28)14-6-4-3-5-7-14)18-24-25-20(26(18)2)29-12-17(27)23-16-10-8-15(21)9-11-16/h3-11,13H,12H2,1-2H3,(H,22,28)(H,23,27)/t13-/m1/s1. The van der Waals surface area contributed by atoms with Crippen LogP contribution in [0.1, 0.15) is 29.1 Å². The van der Waals surface area contributed by atoms with E-state index < -0.39 is 0 Å². The third-order valence-corrected chi connectivity index (χ3v) is 5.12. The first kappa shape index (κ1) is 20.5. The molecule has 0 aliphatic heterocycles. The van der Waals surface area contributed by atoms with E-state index in [1.54, 1.807) is 35.9 Å². The van der Waals surface area contributed by atoms with Crippen LogP contribution >= 0.6 is 11.8 Å². The highest BCUT2D eigenvalue weighted by atomic mass is 32.2. The Morgan fingerprint density at radius 1 is 1.10 bits per heavy atom. The quantitative estimate of drug-likeness (QED) is 0.581. The van der Waals surface area contributed by atoms with E-state index in [4.69, 9.17) is 0 Å². The van der Waals surface area contributed by atoms with Crippen LogP contribution in [0.25, 0.3) is 0 Å². The van der Waals surface area contributed by atoms with Crippen molar-refractivity contribution in [2.24, 2.45) is 7.05 Å². The van der Waals surface area contributed by atoms with E-state index >= 15 is 0 Å². The Morgan fingerprint density at radius 2 is 1.79 bits per heavy atom. The molecule has 0 saturated heterocycles. The fourth-order valence-corrected chi connectivity index (χ4v) is 3.34. The second-order valence-electron chi connectivity index (χ2n) is 6.30. The first-order chi connectivity index (χ1) is 13.9. The summed E-state index contributed by atoms with van der Waals surface area (Å²) in [5.41, 5.74) is 1.08. The van der Waals surface area contributed by atoms with Gasteiger partial charge >= 0.3 is 0 Å². The number of benzene rings is 2. The molecule has 2 aromatic carbocycles. The van der Waals surface area contributed by atoms with Crippen molar-refractivity contribution in [2.75, 3.05) is 11.1 Å². The van der Waals surface area contributed by atoms with E-state index in [0.29, 0.717) is 22.2 Å². The zero-order chi connectivity index (χ0) is 20.8. The van der Waals surface area contributed by atoms with Gasteiger partial charge in [0.15, 0.2) is 11.0 Å². The van der Waals surface area contributed by atoms with Crippen molar-refractivity contribution in [1.29, 1.82) is 0 Å². The molecule has 150 valence electrons. The molecule has 0 bridgehead atoms. The average molecular weight is 413 g/mol. The monoisotopic (exact) mass is 413 g/mol. The number of carbonyl (C=O) groups is 2. The van der Waals surface area contributed by atoms with Crippen LogP contribution in [0.15, 0.2) is 59.8 Å². The Bertz CT molecular complexity index is 992. The number of halogens is 1. The Kier molecular flexibility index (Phi) is 6.61. The van der Waals surface area contributed by atoms with Gasteiger partial charge in [-0.05, 0) is 43.3 Å². The lowest BCUT2D eigenvalue weighted by atomic mass is 10.2. The maximum atomic E-state index is 12.9. The summed E-state index contributed by atoms with van der Waals surface area (Å²) in [4.78, 5) is 24.4. The van der Waals surface area contributed by atoms with Crippen LogP contribution in [0.5, 0.6) is 0 Å². The lowest BCUT2D eigenvalue weighted by Crippen LogP contribution is -2.28. The second-order valence-corrected chi connectivity index (χ2v) is 7.25. The molecular weight excluding hydrogens is 393 g/mol. The van der Waals surface area contributed by atoms with E-state index in [2.05, 4.69) is 20.8 Å². The summed E-state index contributed by atoms with van der Waals surface area (Å²) < 4.78 is 14.7. The molecule has 1 aromatic heterocycles. The lowest BCUT2D eigenvalue weighted by molar-refractivity contribution is -0.113. The summed E-state index contributed by atoms with van der Waals surface area (Å²) >= 11 is 1.22. The van der Waals surface area contributed by atoms with Gasteiger partial charge < -0.3 is 15.2 Å². The fourth-order valence-electron chi connectivity index (χ4n) is 2.62. The second kappa shape index (κ2) is 9.33. The number of nitrogens with zero attached hydrogens (tertiary/aromatic N) is 3. The molecule has 3 rings (SSSR count). The number of anilines is 1. The number of thioether (sulfide) groups is 1. The number of carbonyl (C=O) groups excluding carboxylic acids is 2. The van der Waals surface area contributed by atoms with Gasteiger partial charge in [0, 0.05) is 18.3 Å². The minimum Gasteiger partial charge on any atom is -0.342 e. The van der Waals surface area contributed by atoms with Crippen LogP contribution in [0.3, 0.4) is 0 Å². The van der Waals surface area contributed by atoms with Gasteiger partial charge in [0.05, 0.1) is 11.8 Å². The highest BCUT2D eigenvalue weighted by Crippen LogP contribution is 2.20. The topological polar surface area (TPSA) is 88.9 Å². The molecule has 2 amide bonds. The predicted molar refractivity (Wildman–Crippen MR) is 109 cm³/mol. The summed E-state index contributed by atoms with van der Waals surface area (Å²) in [7, 11) is 1.78. The fraction of sp³-hybridized carbons (Fsp3) is 0.200. The molecule has 0 radical (unpaired) electrons. The van der Waals surface area contributed by atoms with Crippen LogP contribution in [0.4, 0.5) is 10.1 Å². The van der Waals surface area contributed by atoms with E-state index in [1.807, 2.05) is 13.0 Å². The molecule has 9 heteroatoms. The SMILES string of the molecule is C[C@@H](NC(=O)c1ccccc1)c1nnc(SCC(=O)Nc2ccc(F)cc2)n1C. The van der Waals surface area contributed by atoms with E-state index in [-0.39, 0.29) is 29.4 Å². The Balaban J connectivity index is 1.56. The van der Waals surface area contributed by atoms with Crippen molar-refractivity contribution in [3.8, 4) is 0 Å². The molecular formula is C20H20FN5O2S. The van der Waals surface area contributed by atoms with Crippen molar-refractivity contribution in [1.82, 2.24) is 20.1 Å². The molecule has 1 atom stereocenters. The van der Waals surface area contributed by atoms with E-state index in [9.17, 15) is 14.0 Å². The number of aromatic nitrogens is 3. The summed E-state index contributed by atoms with van der Waals surface area (Å²) in [6.07, 6.45) is 0. The van der Waals surface area contributed by atoms with Gasteiger partial charge in [-0.15, -0.1) is 10.2 Å². The minimum absolute atomic E-state index is 0.119. The van der Waals surface area contributed by atoms with Gasteiger partial charge in [-0.25, -0.2) is 4.39 Å². The number of hydrogen-bond acceptors (Lipinski definition) is 5. The van der Waals surface area contributed by atoms with Crippen molar-refractivity contribution in [2.45, 2.75) is 18.1 Å². The third-order valence-electron chi connectivity index (χ3n) is 4.10. The third kappa shape index (κ3) is 5.41.